The van der Waals surface area contributed by atoms with Crippen molar-refractivity contribution in [2.75, 3.05) is 23.0 Å². The van der Waals surface area contributed by atoms with E-state index in [4.69, 9.17) is 0 Å². The van der Waals surface area contributed by atoms with Crippen LogP contribution in [0.5, 0.6) is 0 Å². The largest absolute Gasteiger partial charge is 0.334 e. The van der Waals surface area contributed by atoms with Crippen molar-refractivity contribution in [1.82, 2.24) is 10.6 Å². The summed E-state index contributed by atoms with van der Waals surface area (Å²) in [7, 11) is -6.05. The molecule has 7 nitrogen and oxygen atoms in total. The van der Waals surface area contributed by atoms with Gasteiger partial charge < -0.3 is 10.6 Å². The van der Waals surface area contributed by atoms with Crippen LogP contribution in [0.2, 0.25) is 0 Å². The summed E-state index contributed by atoms with van der Waals surface area (Å²) in [5, 5.41) is 5.13. The summed E-state index contributed by atoms with van der Waals surface area (Å²) in [6.45, 7) is 0. The SMILES string of the molecule is O=C(N[C@H]1CCS(=O)(=O)C1)N[C@H]1CCS(=O)(=O)C1. The Balaban J connectivity index is 1.80. The van der Waals surface area contributed by atoms with Crippen LogP contribution in [0.4, 0.5) is 4.79 Å². The minimum Gasteiger partial charge on any atom is -0.334 e. The fourth-order valence-corrected chi connectivity index (χ4v) is 5.58. The highest BCUT2D eigenvalue weighted by Gasteiger charge is 2.31. The van der Waals surface area contributed by atoms with Crippen LogP contribution in [0, 0.1) is 0 Å². The second-order valence-corrected chi connectivity index (χ2v) is 9.28. The Labute approximate surface area is 106 Å². The monoisotopic (exact) mass is 296 g/mol. The predicted octanol–water partition coefficient (Wildman–Crippen LogP) is -1.34. The zero-order valence-corrected chi connectivity index (χ0v) is 11.4. The number of carbonyl (C=O) groups excluding carboxylic acids is 1. The fourth-order valence-electron chi connectivity index (χ4n) is 2.23. The van der Waals surface area contributed by atoms with Gasteiger partial charge in [-0.1, -0.05) is 0 Å². The molecule has 2 atom stereocenters. The molecule has 0 bridgehead atoms. The van der Waals surface area contributed by atoms with Gasteiger partial charge in [-0.3, -0.25) is 0 Å². The van der Waals surface area contributed by atoms with Gasteiger partial charge in [0.05, 0.1) is 23.0 Å². The molecule has 2 heterocycles. The normalized spacial score (nSPS) is 33.1. The van der Waals surface area contributed by atoms with Crippen LogP contribution in [-0.2, 0) is 19.7 Å². The van der Waals surface area contributed by atoms with Gasteiger partial charge in [-0.15, -0.1) is 0 Å². The highest BCUT2D eigenvalue weighted by atomic mass is 32.2. The molecule has 104 valence electrons. The topological polar surface area (TPSA) is 109 Å². The molecule has 2 N–H and O–H groups in total. The highest BCUT2D eigenvalue weighted by Crippen LogP contribution is 2.13. The first-order chi connectivity index (χ1) is 8.26. The van der Waals surface area contributed by atoms with Gasteiger partial charge in [0.25, 0.3) is 0 Å². The molecule has 0 spiro atoms. The minimum absolute atomic E-state index is 0.0383. The minimum atomic E-state index is -3.03. The summed E-state index contributed by atoms with van der Waals surface area (Å²) < 4.78 is 44.8. The molecule has 2 fully saturated rings. The molecule has 18 heavy (non-hydrogen) atoms. The van der Waals surface area contributed by atoms with Crippen molar-refractivity contribution in [3.05, 3.63) is 0 Å². The molecule has 2 amide bonds. The van der Waals surface area contributed by atoms with E-state index in [1.165, 1.54) is 0 Å². The maximum absolute atomic E-state index is 11.6. The Kier molecular flexibility index (Phi) is 3.54. The molecular weight excluding hydrogens is 280 g/mol. The third-order valence-corrected chi connectivity index (χ3v) is 6.67. The first-order valence-corrected chi connectivity index (χ1v) is 9.38. The van der Waals surface area contributed by atoms with E-state index in [-0.39, 0.29) is 35.1 Å². The van der Waals surface area contributed by atoms with Crippen molar-refractivity contribution in [3.8, 4) is 0 Å². The average molecular weight is 296 g/mol. The molecule has 0 aromatic carbocycles. The van der Waals surface area contributed by atoms with E-state index in [0.29, 0.717) is 12.8 Å². The summed E-state index contributed by atoms with van der Waals surface area (Å²) in [6, 6.07) is -1.22. The van der Waals surface area contributed by atoms with Gasteiger partial charge in [-0.25, -0.2) is 21.6 Å². The molecule has 0 aliphatic carbocycles. The van der Waals surface area contributed by atoms with Crippen molar-refractivity contribution in [1.29, 1.82) is 0 Å². The number of hydrogen-bond acceptors (Lipinski definition) is 5. The Morgan fingerprint density at radius 2 is 1.22 bits per heavy atom. The van der Waals surface area contributed by atoms with Crippen LogP contribution < -0.4 is 10.6 Å². The molecule has 2 aliphatic rings. The van der Waals surface area contributed by atoms with Crippen molar-refractivity contribution < 1.29 is 21.6 Å². The second kappa shape index (κ2) is 4.69. The molecule has 2 aliphatic heterocycles. The van der Waals surface area contributed by atoms with Crippen LogP contribution >= 0.6 is 0 Å². The van der Waals surface area contributed by atoms with Crippen LogP contribution in [-0.4, -0.2) is 58.0 Å². The van der Waals surface area contributed by atoms with Gasteiger partial charge in [0.1, 0.15) is 0 Å². The summed E-state index contributed by atoms with van der Waals surface area (Å²) in [5.74, 6) is 0.109. The first kappa shape index (κ1) is 13.6. The maximum Gasteiger partial charge on any atom is 0.315 e. The van der Waals surface area contributed by atoms with Gasteiger partial charge in [0.2, 0.25) is 0 Å². The third-order valence-electron chi connectivity index (χ3n) is 3.14. The molecular formula is C9H16N2O5S2. The summed E-state index contributed by atoms with van der Waals surface area (Å²) >= 11 is 0. The molecule has 0 unspecified atom stereocenters. The quantitative estimate of drug-likeness (QED) is 0.655. The third kappa shape index (κ3) is 3.58. The lowest BCUT2D eigenvalue weighted by molar-refractivity contribution is 0.235. The number of sulfone groups is 2. The number of amides is 2. The smallest absolute Gasteiger partial charge is 0.315 e. The van der Waals surface area contributed by atoms with Gasteiger partial charge in [-0.2, -0.15) is 0 Å². The van der Waals surface area contributed by atoms with Crippen LogP contribution in [0.15, 0.2) is 0 Å². The van der Waals surface area contributed by atoms with Crippen molar-refractivity contribution in [2.45, 2.75) is 24.9 Å². The van der Waals surface area contributed by atoms with Gasteiger partial charge in [0.15, 0.2) is 19.7 Å². The number of hydrogen-bond donors (Lipinski definition) is 2. The molecule has 0 aromatic rings. The lowest BCUT2D eigenvalue weighted by atomic mass is 10.2. The Morgan fingerprint density at radius 1 is 0.833 bits per heavy atom. The van der Waals surface area contributed by atoms with E-state index in [9.17, 15) is 21.6 Å². The van der Waals surface area contributed by atoms with E-state index < -0.39 is 25.7 Å². The van der Waals surface area contributed by atoms with E-state index in [2.05, 4.69) is 10.6 Å². The highest BCUT2D eigenvalue weighted by molar-refractivity contribution is 7.91. The maximum atomic E-state index is 11.6. The molecule has 2 rings (SSSR count). The lowest BCUT2D eigenvalue weighted by Crippen LogP contribution is -2.47. The zero-order valence-electron chi connectivity index (χ0n) is 9.76. The molecule has 0 aromatic heterocycles. The molecule has 2 saturated heterocycles. The Hall–Kier alpha value is -0.830. The van der Waals surface area contributed by atoms with Crippen molar-refractivity contribution >= 4 is 25.7 Å². The molecule has 0 saturated carbocycles. The number of carbonyl (C=O) groups is 1. The first-order valence-electron chi connectivity index (χ1n) is 5.74. The number of urea groups is 1. The lowest BCUT2D eigenvalue weighted by Gasteiger charge is -2.15. The van der Waals surface area contributed by atoms with E-state index in [1.54, 1.807) is 0 Å². The average Bonchev–Trinajstić information content (AvgIpc) is 2.69. The molecule has 9 heteroatoms. The summed E-state index contributed by atoms with van der Waals surface area (Å²) in [4.78, 5) is 11.6. The van der Waals surface area contributed by atoms with Crippen molar-refractivity contribution in [2.24, 2.45) is 0 Å². The fraction of sp³-hybridized carbons (Fsp3) is 0.889. The van der Waals surface area contributed by atoms with Gasteiger partial charge in [0, 0.05) is 12.1 Å². The van der Waals surface area contributed by atoms with Crippen LogP contribution in [0.3, 0.4) is 0 Å². The van der Waals surface area contributed by atoms with Gasteiger partial charge in [-0.05, 0) is 12.8 Å². The van der Waals surface area contributed by atoms with E-state index >= 15 is 0 Å². The van der Waals surface area contributed by atoms with Crippen LogP contribution in [0.1, 0.15) is 12.8 Å². The Bertz CT molecular complexity index is 491. The summed E-state index contributed by atoms with van der Waals surface area (Å²) in [6.07, 6.45) is 0.831. The number of nitrogens with one attached hydrogen (secondary N) is 2. The summed E-state index contributed by atoms with van der Waals surface area (Å²) in [5.41, 5.74) is 0. The Morgan fingerprint density at radius 3 is 1.50 bits per heavy atom. The van der Waals surface area contributed by atoms with Crippen LogP contribution in [0.25, 0.3) is 0 Å². The second-order valence-electron chi connectivity index (χ2n) is 4.82. The zero-order chi connectivity index (χ0) is 13.4. The standard InChI is InChI=1S/C9H16N2O5S2/c12-9(10-7-1-3-17(13,14)5-7)11-8-2-4-18(15,16)6-8/h7-8H,1-6H2,(H2,10,11,12)/t7-,8-/m0/s1. The predicted molar refractivity (Wildman–Crippen MR) is 65.8 cm³/mol. The van der Waals surface area contributed by atoms with E-state index in [0.717, 1.165) is 0 Å². The van der Waals surface area contributed by atoms with Crippen molar-refractivity contribution in [3.63, 3.8) is 0 Å². The molecule has 0 radical (unpaired) electrons. The van der Waals surface area contributed by atoms with Gasteiger partial charge >= 0.3 is 6.03 Å². The van der Waals surface area contributed by atoms with E-state index in [1.807, 2.05) is 0 Å². The number of rotatable bonds is 2.